The minimum absolute atomic E-state index is 0.00188. The van der Waals surface area contributed by atoms with Gasteiger partial charge in [0.2, 0.25) is 47.4 Å². The molecular formula is C73H121N13O17S2. The van der Waals surface area contributed by atoms with Gasteiger partial charge in [0, 0.05) is 38.9 Å². The molecule has 2 aromatic rings. The number of esters is 1. The van der Waals surface area contributed by atoms with Crippen LogP contribution in [-0.4, -0.2) is 164 Å². The molecule has 13 N–H and O–H groups in total. The van der Waals surface area contributed by atoms with Crippen molar-refractivity contribution >= 4 is 85.3 Å². The molecule has 0 radical (unpaired) electrons. The van der Waals surface area contributed by atoms with E-state index in [1.54, 1.807) is 96.1 Å². The number of hydrogen-bond donors (Lipinski definition) is 11. The maximum Gasteiger partial charge on any atom is 0.407 e. The van der Waals surface area contributed by atoms with E-state index in [9.17, 15) is 60.0 Å². The number of rotatable bonds is 43. The molecule has 105 heavy (non-hydrogen) atoms. The number of carbonyl (C=O) groups excluding carboxylic acids is 9. The number of benzene rings is 2. The van der Waals surface area contributed by atoms with Gasteiger partial charge in [-0.3, -0.25) is 48.3 Å². The Hall–Kier alpha value is -8.29. The number of ether oxygens (including phenoxy) is 4. The number of ketones is 1. The number of nitrogens with two attached hydrogens (primary N) is 2. The highest BCUT2D eigenvalue weighted by Crippen LogP contribution is 2.42. The van der Waals surface area contributed by atoms with Crippen molar-refractivity contribution in [3.8, 4) is 11.5 Å². The average Bonchev–Trinajstić information content (AvgIpc) is 0.752. The number of guanidine groups is 2. The molecule has 0 spiro atoms. The summed E-state index contributed by atoms with van der Waals surface area (Å²) in [6, 6.07) is -4.92. The molecule has 0 bridgehead atoms. The van der Waals surface area contributed by atoms with Crippen LogP contribution in [0.5, 0.6) is 11.5 Å². The number of methoxy groups -OCH3 is 2. The van der Waals surface area contributed by atoms with Gasteiger partial charge in [0.05, 0.1) is 30.1 Å². The molecule has 1 heterocycles. The molecule has 0 aromatic heterocycles. The summed E-state index contributed by atoms with van der Waals surface area (Å²) in [6.45, 7) is 27.4. The number of aliphatic imine (C=N–C) groups is 2. The molecule has 2 aromatic carbocycles. The normalized spacial score (nSPS) is 14.6. The van der Waals surface area contributed by atoms with E-state index in [1.165, 1.54) is 7.11 Å². The van der Waals surface area contributed by atoms with Gasteiger partial charge in [-0.25, -0.2) is 31.1 Å². The van der Waals surface area contributed by atoms with Gasteiger partial charge in [-0.2, -0.15) is 0 Å². The summed E-state index contributed by atoms with van der Waals surface area (Å²) in [7, 11) is -5.91. The van der Waals surface area contributed by atoms with Crippen LogP contribution in [0.2, 0.25) is 0 Å². The molecule has 592 valence electrons. The monoisotopic (exact) mass is 1520 g/mol. The van der Waals surface area contributed by atoms with Gasteiger partial charge in [-0.1, -0.05) is 73.1 Å². The van der Waals surface area contributed by atoms with Crippen LogP contribution >= 0.6 is 0 Å². The molecule has 0 unspecified atom stereocenters. The van der Waals surface area contributed by atoms with E-state index in [4.69, 9.17) is 25.7 Å². The van der Waals surface area contributed by atoms with Gasteiger partial charge in [-0.05, 0) is 197 Å². The van der Waals surface area contributed by atoms with Gasteiger partial charge in [0.15, 0.2) is 5.78 Å². The number of aryl methyl sites for hydroxylation is 1. The van der Waals surface area contributed by atoms with Gasteiger partial charge < -0.3 is 67.6 Å². The SMILES string of the molecule is CCCCCCCCCC(=O)N[C@@H](CCCN=C(N)NS(=O)(=O)c1c(C)cc(OC)c(C)c1C)C(=O)N[C@H](C(=O)N[C@@H](CCCCNC(=O)OC(C)(C)C)C(=O)N[C@@H](CCCN=C(N)NS(=O)(=O)c1c(C)c(C)c2c(c1C)CCC(C)(C)O2)C(=O)CCC(=O)N[C@H](C(=O)NCC(=O)OC)C(C)C)C(C)C. The van der Waals surface area contributed by atoms with Crippen molar-refractivity contribution in [1.82, 2.24) is 46.7 Å². The van der Waals surface area contributed by atoms with Crippen molar-refractivity contribution in [2.45, 2.75) is 284 Å². The zero-order valence-electron chi connectivity index (χ0n) is 65.2. The van der Waals surface area contributed by atoms with Crippen LogP contribution in [0.4, 0.5) is 4.79 Å². The van der Waals surface area contributed by atoms with Crippen molar-refractivity contribution in [2.75, 3.05) is 40.4 Å². The lowest BCUT2D eigenvalue weighted by Gasteiger charge is -2.35. The van der Waals surface area contributed by atoms with E-state index in [0.29, 0.717) is 64.1 Å². The Labute approximate surface area is 622 Å². The molecule has 0 aliphatic carbocycles. The third kappa shape index (κ3) is 30.2. The molecule has 3 rings (SSSR count). The first kappa shape index (κ1) is 90.9. The highest BCUT2D eigenvalue weighted by atomic mass is 32.2. The van der Waals surface area contributed by atoms with E-state index >= 15 is 0 Å². The second kappa shape index (κ2) is 42.8. The Morgan fingerprint density at radius 2 is 1.10 bits per heavy atom. The van der Waals surface area contributed by atoms with Gasteiger partial charge >= 0.3 is 12.1 Å². The predicted octanol–water partition coefficient (Wildman–Crippen LogP) is 6.31. The van der Waals surface area contributed by atoms with Crippen molar-refractivity contribution < 1.29 is 78.9 Å². The smallest absolute Gasteiger partial charge is 0.407 e. The van der Waals surface area contributed by atoms with Crippen LogP contribution in [-0.2, 0) is 74.3 Å². The Kier molecular flexibility index (Phi) is 37.0. The van der Waals surface area contributed by atoms with Crippen LogP contribution in [0, 0.1) is 53.4 Å². The number of sulfonamides is 2. The van der Waals surface area contributed by atoms with Gasteiger partial charge in [-0.15, -0.1) is 0 Å². The zero-order chi connectivity index (χ0) is 79.3. The second-order valence-corrected chi connectivity index (χ2v) is 32.4. The molecule has 32 heteroatoms. The Balaban J connectivity index is 2.02. The first-order chi connectivity index (χ1) is 49.0. The summed E-state index contributed by atoms with van der Waals surface area (Å²) in [5.41, 5.74) is 15.1. The minimum Gasteiger partial charge on any atom is -0.496 e. The number of hydrogen-bond acceptors (Lipinski definition) is 19. The third-order valence-corrected chi connectivity index (χ3v) is 21.3. The van der Waals surface area contributed by atoms with Crippen molar-refractivity contribution in [3.63, 3.8) is 0 Å². The lowest BCUT2D eigenvalue weighted by atomic mass is 9.88. The van der Waals surface area contributed by atoms with Crippen molar-refractivity contribution in [1.29, 1.82) is 0 Å². The average molecular weight is 1520 g/mol. The summed E-state index contributed by atoms with van der Waals surface area (Å²) >= 11 is 0. The standard InChI is InChI=1S/C73H121N13O17S2/c1-19-20-21-22-23-24-25-33-57(88)80-53(32-29-40-77-69(74)85-104(96,97)63-45(6)41-56(100-17)46(7)48(63)9)66(92)84-61(44(4)5)68(94)82-54(30-26-27-38-78-71(95)103-72(12,13)14)65(91)81-52(55(87)34-35-58(89)83-60(43(2)3)67(93)79-42-59(90)101-18)31-28-39-76-70(75)86-105(98,99)64-49(10)47(8)62-51(50(64)11)36-37-73(15,16)102-62/h41,43-44,52-54,60-61H,19-40,42H2,1-18H3,(H,78,95)(H,79,93)(H,80,88)(H,81,91)(H,82,94)(H,83,89)(H,84,92)(H3,74,77,85)(H3,75,76,86)/t52-,53-,54-,60-,61-/m0/s1. The summed E-state index contributed by atoms with van der Waals surface area (Å²) < 4.78 is 82.0. The van der Waals surface area contributed by atoms with Gasteiger partial charge in [0.25, 0.3) is 20.0 Å². The fourth-order valence-corrected chi connectivity index (χ4v) is 15.0. The minimum atomic E-state index is -4.32. The zero-order valence-corrected chi connectivity index (χ0v) is 66.8. The lowest BCUT2D eigenvalue weighted by molar-refractivity contribution is -0.141. The summed E-state index contributed by atoms with van der Waals surface area (Å²) in [5.74, 6) is -6.48. The highest BCUT2D eigenvalue weighted by molar-refractivity contribution is 7.90. The third-order valence-electron chi connectivity index (χ3n) is 18.1. The van der Waals surface area contributed by atoms with Crippen molar-refractivity contribution in [3.05, 3.63) is 45.0 Å². The number of nitrogens with zero attached hydrogens (tertiary/aromatic N) is 2. The number of nitrogens with one attached hydrogen (secondary N) is 9. The number of fused-ring (bicyclic) bond motifs is 1. The Morgan fingerprint density at radius 3 is 1.67 bits per heavy atom. The summed E-state index contributed by atoms with van der Waals surface area (Å²) in [6.07, 6.45) is 6.53. The number of alkyl carbamates (subject to hydrolysis) is 1. The first-order valence-corrected chi connectivity index (χ1v) is 39.4. The molecular weight excluding hydrogens is 1400 g/mol. The van der Waals surface area contributed by atoms with Crippen LogP contribution in [0.3, 0.4) is 0 Å². The maximum absolute atomic E-state index is 14.9. The Morgan fingerprint density at radius 1 is 0.581 bits per heavy atom. The topological polar surface area (TPSA) is 444 Å². The summed E-state index contributed by atoms with van der Waals surface area (Å²) in [4.78, 5) is 132. The lowest BCUT2D eigenvalue weighted by Crippen LogP contribution is -2.59. The maximum atomic E-state index is 14.9. The molecule has 0 fully saturated rings. The predicted molar refractivity (Wildman–Crippen MR) is 402 cm³/mol. The van der Waals surface area contributed by atoms with Crippen LogP contribution < -0.4 is 67.6 Å². The molecule has 0 saturated carbocycles. The fraction of sp³-hybridized carbons (Fsp3) is 0.685. The molecule has 5 atom stereocenters. The summed E-state index contributed by atoms with van der Waals surface area (Å²) in [5, 5.41) is 18.8. The van der Waals surface area contributed by atoms with E-state index < -0.39 is 158 Å². The molecule has 0 saturated heterocycles. The van der Waals surface area contributed by atoms with E-state index in [2.05, 4.69) is 68.3 Å². The van der Waals surface area contributed by atoms with Crippen LogP contribution in [0.15, 0.2) is 25.8 Å². The van der Waals surface area contributed by atoms with E-state index in [1.807, 2.05) is 13.8 Å². The fourth-order valence-electron chi connectivity index (χ4n) is 12.0. The first-order valence-electron chi connectivity index (χ1n) is 36.5. The molecule has 30 nitrogen and oxygen atoms in total. The largest absolute Gasteiger partial charge is 0.496 e. The van der Waals surface area contributed by atoms with Crippen molar-refractivity contribution in [2.24, 2.45) is 33.3 Å². The number of amides is 7. The van der Waals surface area contributed by atoms with Gasteiger partial charge in [0.1, 0.15) is 53.4 Å². The highest BCUT2D eigenvalue weighted by Gasteiger charge is 2.36. The van der Waals surface area contributed by atoms with Crippen LogP contribution in [0.1, 0.15) is 224 Å². The molecule has 7 amide bonds. The van der Waals surface area contributed by atoms with E-state index in [-0.39, 0.29) is 80.8 Å². The quantitative estimate of drug-likeness (QED) is 0.0150. The Bertz CT molecular complexity index is 3650. The molecule has 1 aliphatic heterocycles. The second-order valence-electron chi connectivity index (χ2n) is 29.2. The molecule has 1 aliphatic rings. The number of Topliss-reactive ketones (excluding diaryl/α,β-unsaturated/α-hetero) is 1. The van der Waals surface area contributed by atoms with Crippen LogP contribution in [0.25, 0.3) is 0 Å². The number of carbonyl (C=O) groups is 9. The van der Waals surface area contributed by atoms with E-state index in [0.717, 1.165) is 51.2 Å². The number of unbranched alkanes of at least 4 members (excludes halogenated alkanes) is 7.